The molecule has 0 aromatic heterocycles. The Balaban J connectivity index is 1.79. The van der Waals surface area contributed by atoms with E-state index in [1.54, 1.807) is 24.3 Å². The van der Waals surface area contributed by atoms with Crippen LogP contribution in [0.25, 0.3) is 0 Å². The van der Waals surface area contributed by atoms with E-state index in [4.69, 9.17) is 22.1 Å². The van der Waals surface area contributed by atoms with Gasteiger partial charge in [0.25, 0.3) is 5.91 Å². The molecule has 0 spiro atoms. The van der Waals surface area contributed by atoms with Crippen molar-refractivity contribution in [3.05, 3.63) is 57.6 Å². The summed E-state index contributed by atoms with van der Waals surface area (Å²) in [7, 11) is 0. The summed E-state index contributed by atoms with van der Waals surface area (Å²) in [6.45, 7) is 3.92. The van der Waals surface area contributed by atoms with Crippen LogP contribution in [0.4, 0.5) is 0 Å². The molecule has 0 bridgehead atoms. The van der Waals surface area contributed by atoms with Crippen LogP contribution in [0.5, 0.6) is 0 Å². The van der Waals surface area contributed by atoms with E-state index in [0.717, 1.165) is 0 Å². The highest BCUT2D eigenvalue weighted by Crippen LogP contribution is 2.48. The molecular formula is C22H22ClN3O5. The quantitative estimate of drug-likeness (QED) is 0.692. The third kappa shape index (κ3) is 3.83. The molecule has 3 amide bonds. The van der Waals surface area contributed by atoms with E-state index in [2.05, 4.69) is 5.43 Å². The highest BCUT2D eigenvalue weighted by molar-refractivity contribution is 6.30. The molecule has 3 aliphatic rings. The van der Waals surface area contributed by atoms with Gasteiger partial charge in [-0.15, -0.1) is 0 Å². The molecule has 1 fully saturated rings. The zero-order valence-corrected chi connectivity index (χ0v) is 17.9. The van der Waals surface area contributed by atoms with E-state index in [-0.39, 0.29) is 41.9 Å². The van der Waals surface area contributed by atoms with E-state index < -0.39 is 23.6 Å². The van der Waals surface area contributed by atoms with Crippen molar-refractivity contribution >= 4 is 35.1 Å². The Morgan fingerprint density at radius 2 is 1.74 bits per heavy atom. The summed E-state index contributed by atoms with van der Waals surface area (Å²) >= 11 is 6.03. The largest absolute Gasteiger partial charge is 0.445 e. The number of carbonyl (C=O) groups excluding carboxylic acids is 4. The Morgan fingerprint density at radius 3 is 2.35 bits per heavy atom. The number of hydrogen-bond acceptors (Lipinski definition) is 6. The van der Waals surface area contributed by atoms with Crippen LogP contribution >= 0.6 is 11.6 Å². The molecule has 1 atom stereocenters. The first-order valence-electron chi connectivity index (χ1n) is 9.93. The second-order valence-electron chi connectivity index (χ2n) is 8.71. The second-order valence-corrected chi connectivity index (χ2v) is 9.14. The van der Waals surface area contributed by atoms with Crippen molar-refractivity contribution in [3.63, 3.8) is 0 Å². The van der Waals surface area contributed by atoms with Crippen molar-refractivity contribution in [1.82, 2.24) is 10.4 Å². The minimum absolute atomic E-state index is 0.0215. The third-order valence-electron chi connectivity index (χ3n) is 5.67. The van der Waals surface area contributed by atoms with E-state index in [1.165, 1.54) is 0 Å². The molecule has 1 aromatic rings. The number of amides is 3. The molecule has 0 radical (unpaired) electrons. The maximum absolute atomic E-state index is 13.2. The predicted molar refractivity (Wildman–Crippen MR) is 111 cm³/mol. The van der Waals surface area contributed by atoms with E-state index in [1.807, 2.05) is 13.8 Å². The van der Waals surface area contributed by atoms with E-state index in [0.29, 0.717) is 33.3 Å². The lowest BCUT2D eigenvalue weighted by Crippen LogP contribution is -2.48. The number of nitrogens with zero attached hydrogens (tertiary/aromatic N) is 1. The Bertz CT molecular complexity index is 1060. The zero-order chi connectivity index (χ0) is 22.5. The van der Waals surface area contributed by atoms with Gasteiger partial charge >= 0.3 is 0 Å². The molecule has 1 unspecified atom stereocenters. The fraction of sp³-hybridized carbons (Fsp3) is 0.364. The molecule has 31 heavy (non-hydrogen) atoms. The molecule has 3 N–H and O–H groups in total. The molecule has 8 nitrogen and oxygen atoms in total. The topological polar surface area (TPSA) is 119 Å². The lowest BCUT2D eigenvalue weighted by molar-refractivity contribution is -0.147. The maximum atomic E-state index is 13.2. The van der Waals surface area contributed by atoms with Crippen molar-refractivity contribution in [2.75, 3.05) is 0 Å². The number of halogens is 1. The van der Waals surface area contributed by atoms with Crippen molar-refractivity contribution in [2.45, 2.75) is 45.4 Å². The van der Waals surface area contributed by atoms with Gasteiger partial charge in [0.05, 0.1) is 11.5 Å². The van der Waals surface area contributed by atoms with Gasteiger partial charge in [-0.05, 0) is 23.1 Å². The number of hydrogen-bond donors (Lipinski definition) is 2. The van der Waals surface area contributed by atoms with Crippen molar-refractivity contribution in [2.24, 2.45) is 11.1 Å². The number of imide groups is 1. The van der Waals surface area contributed by atoms with Gasteiger partial charge in [0.15, 0.2) is 11.7 Å². The normalized spacial score (nSPS) is 23.1. The first-order chi connectivity index (χ1) is 14.6. The standard InChI is InChI=1S/C22H22ClN3O5/c1-22(2)9-13(27)18-14(10-22)31-20(24)19(17(18)11-3-5-12(23)6-4-11)21(30)25-26-15(28)7-8-16(26)29/h3-6,17H,7-10,24H2,1-2H3,(H,25,30). The van der Waals surface area contributed by atoms with E-state index in [9.17, 15) is 19.2 Å². The molecule has 9 heteroatoms. The van der Waals surface area contributed by atoms with Gasteiger partial charge in [-0.1, -0.05) is 37.6 Å². The molecule has 162 valence electrons. The SMILES string of the molecule is CC1(C)CC(=O)C2=C(C1)OC(N)=C(C(=O)NN1C(=O)CCC1=O)C2c1ccc(Cl)cc1. The van der Waals surface area contributed by atoms with Gasteiger partial charge in [0.2, 0.25) is 11.8 Å². The molecule has 0 saturated carbocycles. The lowest BCUT2D eigenvalue weighted by Gasteiger charge is -2.38. The molecule has 1 aromatic carbocycles. The Hall–Kier alpha value is -3.13. The van der Waals surface area contributed by atoms with Crippen LogP contribution in [-0.2, 0) is 23.9 Å². The first-order valence-corrected chi connectivity index (χ1v) is 10.3. The number of nitrogens with one attached hydrogen (secondary N) is 1. The molecular weight excluding hydrogens is 422 g/mol. The third-order valence-corrected chi connectivity index (χ3v) is 5.92. The van der Waals surface area contributed by atoms with Gasteiger partial charge < -0.3 is 10.5 Å². The number of hydrazine groups is 1. The molecule has 1 saturated heterocycles. The summed E-state index contributed by atoms with van der Waals surface area (Å²) in [5, 5.41) is 1.19. The lowest BCUT2D eigenvalue weighted by atomic mass is 9.70. The van der Waals surface area contributed by atoms with Crippen LogP contribution in [-0.4, -0.2) is 28.5 Å². The number of allylic oxidation sites excluding steroid dienone is 2. The van der Waals surface area contributed by atoms with Gasteiger partial charge in [0.1, 0.15) is 5.76 Å². The number of ketones is 1. The number of Topliss-reactive ketones (excluding diaryl/α,β-unsaturated/α-hetero) is 1. The van der Waals surface area contributed by atoms with Crippen LogP contribution in [0.3, 0.4) is 0 Å². The van der Waals surface area contributed by atoms with Crippen LogP contribution < -0.4 is 11.2 Å². The number of rotatable bonds is 3. The number of benzene rings is 1. The van der Waals surface area contributed by atoms with Gasteiger partial charge in [-0.2, -0.15) is 5.01 Å². The summed E-state index contributed by atoms with van der Waals surface area (Å²) < 4.78 is 5.76. The molecule has 2 aliphatic heterocycles. The van der Waals surface area contributed by atoms with Crippen molar-refractivity contribution in [1.29, 1.82) is 0 Å². The summed E-state index contributed by atoms with van der Waals surface area (Å²) in [5.74, 6) is -2.47. The summed E-state index contributed by atoms with van der Waals surface area (Å²) in [5.41, 5.74) is 9.14. The summed E-state index contributed by atoms with van der Waals surface area (Å²) in [6, 6.07) is 6.73. The highest BCUT2D eigenvalue weighted by atomic mass is 35.5. The minimum Gasteiger partial charge on any atom is -0.445 e. The van der Waals surface area contributed by atoms with Gasteiger partial charge in [-0.25, -0.2) is 0 Å². The van der Waals surface area contributed by atoms with Crippen LogP contribution in [0.1, 0.15) is 51.0 Å². The monoisotopic (exact) mass is 443 g/mol. The zero-order valence-electron chi connectivity index (χ0n) is 17.2. The van der Waals surface area contributed by atoms with Crippen LogP contribution in [0, 0.1) is 5.41 Å². The average molecular weight is 444 g/mol. The fourth-order valence-corrected chi connectivity index (χ4v) is 4.39. The van der Waals surface area contributed by atoms with Crippen molar-refractivity contribution < 1.29 is 23.9 Å². The minimum atomic E-state index is -0.808. The summed E-state index contributed by atoms with van der Waals surface area (Å²) in [4.78, 5) is 50.2. The Morgan fingerprint density at radius 1 is 1.13 bits per heavy atom. The van der Waals surface area contributed by atoms with E-state index >= 15 is 0 Å². The van der Waals surface area contributed by atoms with Gasteiger partial charge in [0, 0.05) is 36.3 Å². The van der Waals surface area contributed by atoms with Crippen molar-refractivity contribution in [3.8, 4) is 0 Å². The first kappa shape index (κ1) is 21.1. The maximum Gasteiger partial charge on any atom is 0.272 e. The predicted octanol–water partition coefficient (Wildman–Crippen LogP) is 2.45. The fourth-order valence-electron chi connectivity index (χ4n) is 4.26. The number of nitrogens with two attached hydrogens (primary N) is 1. The average Bonchev–Trinajstić information content (AvgIpc) is 2.98. The molecule has 1 aliphatic carbocycles. The van der Waals surface area contributed by atoms with Crippen LogP contribution in [0.2, 0.25) is 5.02 Å². The molecule has 2 heterocycles. The Labute approximate surface area is 184 Å². The highest BCUT2D eigenvalue weighted by Gasteiger charge is 2.45. The van der Waals surface area contributed by atoms with Crippen LogP contribution in [0.15, 0.2) is 47.1 Å². The Kier molecular flexibility index (Phi) is 5.13. The second kappa shape index (κ2) is 7.53. The van der Waals surface area contributed by atoms with Gasteiger partial charge in [-0.3, -0.25) is 24.6 Å². The summed E-state index contributed by atoms with van der Waals surface area (Å²) in [6.07, 6.45) is 0.815. The molecule has 4 rings (SSSR count). The number of ether oxygens (including phenoxy) is 1. The smallest absolute Gasteiger partial charge is 0.272 e. The number of carbonyl (C=O) groups is 4.